The molecule has 1 aromatic rings. The predicted octanol–water partition coefficient (Wildman–Crippen LogP) is 1.17. The van der Waals surface area contributed by atoms with Gasteiger partial charge in [-0.25, -0.2) is 0 Å². The van der Waals surface area contributed by atoms with E-state index in [0.29, 0.717) is 5.75 Å². The minimum atomic E-state index is -0.405. The number of hydrogen-bond acceptors (Lipinski definition) is 3. The molecule has 0 spiro atoms. The van der Waals surface area contributed by atoms with Crippen molar-refractivity contribution in [3.05, 3.63) is 29.3 Å². The van der Waals surface area contributed by atoms with Crippen LogP contribution in [0.2, 0.25) is 0 Å². The maximum Gasteiger partial charge on any atom is 0.325 e. The molecular formula is C10H13NO2. The van der Waals surface area contributed by atoms with Gasteiger partial charge in [0.1, 0.15) is 5.75 Å². The van der Waals surface area contributed by atoms with Crippen LogP contribution in [0.5, 0.6) is 5.75 Å². The predicted molar refractivity (Wildman–Crippen MR) is 50.6 cm³/mol. The van der Waals surface area contributed by atoms with Gasteiger partial charge in [-0.15, -0.1) is 0 Å². The van der Waals surface area contributed by atoms with Gasteiger partial charge in [-0.2, -0.15) is 0 Å². The fourth-order valence-electron chi connectivity index (χ4n) is 1.12. The van der Waals surface area contributed by atoms with Crippen molar-refractivity contribution in [3.8, 4) is 5.75 Å². The minimum absolute atomic E-state index is 0.0895. The summed E-state index contributed by atoms with van der Waals surface area (Å²) in [5.41, 5.74) is 7.04. The second-order valence-electron chi connectivity index (χ2n) is 2.90. The van der Waals surface area contributed by atoms with E-state index in [0.717, 1.165) is 11.1 Å². The van der Waals surface area contributed by atoms with Crippen LogP contribution in [0, 0.1) is 13.8 Å². The Balaban J connectivity index is 2.93. The Kier molecular flexibility index (Phi) is 3.03. The molecule has 1 rings (SSSR count). The van der Waals surface area contributed by atoms with Crippen molar-refractivity contribution in [1.29, 1.82) is 0 Å². The van der Waals surface area contributed by atoms with Gasteiger partial charge in [0.05, 0.1) is 6.54 Å². The number of carbonyl (C=O) groups is 1. The van der Waals surface area contributed by atoms with Crippen LogP contribution in [-0.2, 0) is 4.79 Å². The Morgan fingerprint density at radius 2 is 1.92 bits per heavy atom. The molecule has 0 radical (unpaired) electrons. The molecule has 1 aromatic carbocycles. The monoisotopic (exact) mass is 179 g/mol. The summed E-state index contributed by atoms with van der Waals surface area (Å²) >= 11 is 0. The van der Waals surface area contributed by atoms with Crippen LogP contribution in [0.4, 0.5) is 0 Å². The summed E-state index contributed by atoms with van der Waals surface area (Å²) in [5, 5.41) is 0. The Bertz CT molecular complexity index is 300. The van der Waals surface area contributed by atoms with Crippen LogP contribution in [-0.4, -0.2) is 12.5 Å². The lowest BCUT2D eigenvalue weighted by Crippen LogP contribution is -2.20. The number of hydrogen-bond donors (Lipinski definition) is 1. The third-order valence-corrected chi connectivity index (χ3v) is 1.79. The maximum atomic E-state index is 10.9. The molecule has 0 aliphatic rings. The summed E-state index contributed by atoms with van der Waals surface area (Å²) in [6.07, 6.45) is 0. The Morgan fingerprint density at radius 1 is 1.38 bits per heavy atom. The van der Waals surface area contributed by atoms with Crippen molar-refractivity contribution in [3.63, 3.8) is 0 Å². The van der Waals surface area contributed by atoms with Crippen molar-refractivity contribution in [1.82, 2.24) is 0 Å². The molecule has 0 bridgehead atoms. The second-order valence-corrected chi connectivity index (χ2v) is 2.90. The number of ether oxygens (including phenoxy) is 1. The molecule has 0 aliphatic heterocycles. The molecule has 3 nitrogen and oxygen atoms in total. The zero-order valence-electron chi connectivity index (χ0n) is 7.83. The highest BCUT2D eigenvalue weighted by Gasteiger charge is 2.07. The number of rotatable bonds is 2. The summed E-state index contributed by atoms with van der Waals surface area (Å²) in [6, 6.07) is 5.71. The normalized spacial score (nSPS) is 9.77. The van der Waals surface area contributed by atoms with Gasteiger partial charge in [0, 0.05) is 0 Å². The average molecular weight is 179 g/mol. The molecule has 13 heavy (non-hydrogen) atoms. The van der Waals surface area contributed by atoms with Gasteiger partial charge < -0.3 is 10.5 Å². The number of carbonyl (C=O) groups excluding carboxylic acids is 1. The van der Waals surface area contributed by atoms with Gasteiger partial charge in [0.25, 0.3) is 0 Å². The van der Waals surface area contributed by atoms with Crippen molar-refractivity contribution < 1.29 is 9.53 Å². The Hall–Kier alpha value is -1.35. The number of nitrogens with two attached hydrogens (primary N) is 1. The Morgan fingerprint density at radius 3 is 2.38 bits per heavy atom. The second kappa shape index (κ2) is 4.05. The summed E-state index contributed by atoms with van der Waals surface area (Å²) in [6.45, 7) is 3.70. The molecule has 0 aromatic heterocycles. The van der Waals surface area contributed by atoms with E-state index in [4.69, 9.17) is 10.5 Å². The highest BCUT2D eigenvalue weighted by molar-refractivity contribution is 5.75. The third-order valence-electron chi connectivity index (χ3n) is 1.79. The SMILES string of the molecule is Cc1cccc(C)c1OC(=O)CN. The van der Waals surface area contributed by atoms with Gasteiger partial charge in [0.2, 0.25) is 0 Å². The number of benzene rings is 1. The molecule has 0 heterocycles. The van der Waals surface area contributed by atoms with E-state index >= 15 is 0 Å². The number of aryl methyl sites for hydroxylation is 2. The smallest absolute Gasteiger partial charge is 0.325 e. The van der Waals surface area contributed by atoms with Crippen LogP contribution < -0.4 is 10.5 Å². The van der Waals surface area contributed by atoms with Gasteiger partial charge in [0.15, 0.2) is 0 Å². The van der Waals surface area contributed by atoms with Crippen LogP contribution in [0.15, 0.2) is 18.2 Å². The quantitative estimate of drug-likeness (QED) is 0.547. The zero-order chi connectivity index (χ0) is 9.84. The van der Waals surface area contributed by atoms with E-state index in [9.17, 15) is 4.79 Å². The van der Waals surface area contributed by atoms with Crippen LogP contribution in [0.1, 0.15) is 11.1 Å². The molecule has 0 fully saturated rings. The fraction of sp³-hybridized carbons (Fsp3) is 0.300. The molecule has 3 heteroatoms. The first-order valence-electron chi connectivity index (χ1n) is 4.12. The van der Waals surface area contributed by atoms with Crippen LogP contribution in [0.3, 0.4) is 0 Å². The first-order chi connectivity index (χ1) is 6.15. The van der Waals surface area contributed by atoms with Crippen LogP contribution >= 0.6 is 0 Å². The topological polar surface area (TPSA) is 52.3 Å². The van der Waals surface area contributed by atoms with Crippen molar-refractivity contribution >= 4 is 5.97 Å². The van der Waals surface area contributed by atoms with Gasteiger partial charge in [-0.05, 0) is 25.0 Å². The van der Waals surface area contributed by atoms with E-state index in [1.807, 2.05) is 32.0 Å². The summed E-state index contributed by atoms with van der Waals surface area (Å²) in [5.74, 6) is 0.218. The van der Waals surface area contributed by atoms with E-state index in [1.165, 1.54) is 0 Å². The number of esters is 1. The largest absolute Gasteiger partial charge is 0.425 e. The highest BCUT2D eigenvalue weighted by Crippen LogP contribution is 2.22. The maximum absolute atomic E-state index is 10.9. The minimum Gasteiger partial charge on any atom is -0.425 e. The molecule has 70 valence electrons. The van der Waals surface area contributed by atoms with Gasteiger partial charge in [-0.1, -0.05) is 18.2 Å². The standard InChI is InChI=1S/C10H13NO2/c1-7-4-3-5-8(2)10(7)13-9(12)6-11/h3-5H,6,11H2,1-2H3. The molecular weight excluding hydrogens is 166 g/mol. The van der Waals surface area contributed by atoms with Crippen LogP contribution in [0.25, 0.3) is 0 Å². The molecule has 0 unspecified atom stereocenters. The van der Waals surface area contributed by atoms with Gasteiger partial charge in [-0.3, -0.25) is 4.79 Å². The highest BCUT2D eigenvalue weighted by atomic mass is 16.5. The van der Waals surface area contributed by atoms with Crippen molar-refractivity contribution in [2.45, 2.75) is 13.8 Å². The molecule has 0 atom stereocenters. The lowest BCUT2D eigenvalue weighted by atomic mass is 10.1. The lowest BCUT2D eigenvalue weighted by molar-refractivity contribution is -0.132. The van der Waals surface area contributed by atoms with E-state index in [1.54, 1.807) is 0 Å². The summed E-state index contributed by atoms with van der Waals surface area (Å²) < 4.78 is 5.06. The molecule has 0 saturated heterocycles. The summed E-state index contributed by atoms with van der Waals surface area (Å²) in [4.78, 5) is 10.9. The molecule has 2 N–H and O–H groups in total. The average Bonchev–Trinajstić information content (AvgIpc) is 2.11. The first-order valence-corrected chi connectivity index (χ1v) is 4.12. The zero-order valence-corrected chi connectivity index (χ0v) is 7.83. The summed E-state index contributed by atoms with van der Waals surface area (Å²) in [7, 11) is 0. The van der Waals surface area contributed by atoms with Gasteiger partial charge >= 0.3 is 5.97 Å². The van der Waals surface area contributed by atoms with E-state index < -0.39 is 5.97 Å². The number of para-hydroxylation sites is 1. The van der Waals surface area contributed by atoms with Crippen molar-refractivity contribution in [2.75, 3.05) is 6.54 Å². The Labute approximate surface area is 77.5 Å². The molecule has 0 amide bonds. The molecule has 0 saturated carbocycles. The molecule has 0 aliphatic carbocycles. The van der Waals surface area contributed by atoms with E-state index in [2.05, 4.69) is 0 Å². The first kappa shape index (κ1) is 9.74. The fourth-order valence-corrected chi connectivity index (χ4v) is 1.12. The lowest BCUT2D eigenvalue weighted by Gasteiger charge is -2.08. The third kappa shape index (κ3) is 2.29. The van der Waals surface area contributed by atoms with Crippen molar-refractivity contribution in [2.24, 2.45) is 5.73 Å². The van der Waals surface area contributed by atoms with E-state index in [-0.39, 0.29) is 6.54 Å².